The Bertz CT molecular complexity index is 744. The predicted molar refractivity (Wildman–Crippen MR) is 94.2 cm³/mol. The highest BCUT2D eigenvalue weighted by Gasteiger charge is 2.12. The van der Waals surface area contributed by atoms with Gasteiger partial charge in [0.15, 0.2) is 6.61 Å². The zero-order valence-electron chi connectivity index (χ0n) is 14.2. The largest absolute Gasteiger partial charge is 0.494 e. The lowest BCUT2D eigenvalue weighted by atomic mass is 10.2. The Morgan fingerprint density at radius 2 is 1.76 bits per heavy atom. The van der Waals surface area contributed by atoms with Gasteiger partial charge in [0.2, 0.25) is 0 Å². The van der Waals surface area contributed by atoms with Gasteiger partial charge < -0.3 is 14.8 Å². The number of nitrogens with zero attached hydrogens (tertiary/aromatic N) is 1. The van der Waals surface area contributed by atoms with Gasteiger partial charge in [0.25, 0.3) is 11.6 Å². The van der Waals surface area contributed by atoms with E-state index in [9.17, 15) is 14.9 Å². The van der Waals surface area contributed by atoms with Crippen LogP contribution >= 0.6 is 0 Å². The standard InChI is InChI=1S/C18H20N2O5/c1-3-10-24-15-6-8-16(9-7-15)25-12-18(21)19-14-5-4-13(2)17(11-14)20(22)23/h4-9,11H,3,10,12H2,1-2H3,(H,19,21). The molecule has 0 heterocycles. The number of hydrogen-bond donors (Lipinski definition) is 1. The van der Waals surface area contributed by atoms with Crippen LogP contribution in [0.4, 0.5) is 11.4 Å². The van der Waals surface area contributed by atoms with Crippen LogP contribution in [0.5, 0.6) is 11.5 Å². The van der Waals surface area contributed by atoms with Gasteiger partial charge in [-0.1, -0.05) is 13.0 Å². The van der Waals surface area contributed by atoms with Crippen LogP contribution in [-0.4, -0.2) is 24.0 Å². The van der Waals surface area contributed by atoms with Gasteiger partial charge in [0.05, 0.1) is 11.5 Å². The Balaban J connectivity index is 1.88. The van der Waals surface area contributed by atoms with Gasteiger partial charge >= 0.3 is 0 Å². The first kappa shape index (κ1) is 18.3. The molecule has 2 rings (SSSR count). The number of nitro groups is 1. The molecule has 0 atom stereocenters. The SMILES string of the molecule is CCCOc1ccc(OCC(=O)Nc2ccc(C)c([N+](=O)[O-])c2)cc1. The molecule has 0 saturated carbocycles. The molecule has 0 spiro atoms. The van der Waals surface area contributed by atoms with Crippen LogP contribution in [0.2, 0.25) is 0 Å². The Kier molecular flexibility index (Phi) is 6.33. The minimum atomic E-state index is -0.482. The molecule has 1 N–H and O–H groups in total. The van der Waals surface area contributed by atoms with Crippen LogP contribution in [0.1, 0.15) is 18.9 Å². The highest BCUT2D eigenvalue weighted by Crippen LogP contribution is 2.22. The molecule has 0 unspecified atom stereocenters. The Morgan fingerprint density at radius 1 is 1.12 bits per heavy atom. The predicted octanol–water partition coefficient (Wildman–Crippen LogP) is 3.71. The number of nitro benzene ring substituents is 1. The molecule has 1 amide bonds. The van der Waals surface area contributed by atoms with Crippen LogP contribution in [0.25, 0.3) is 0 Å². The number of amides is 1. The van der Waals surface area contributed by atoms with E-state index in [-0.39, 0.29) is 12.3 Å². The second-order valence-corrected chi connectivity index (χ2v) is 5.42. The van der Waals surface area contributed by atoms with Gasteiger partial charge in [-0.15, -0.1) is 0 Å². The highest BCUT2D eigenvalue weighted by atomic mass is 16.6. The fourth-order valence-electron chi connectivity index (χ4n) is 2.08. The lowest BCUT2D eigenvalue weighted by Crippen LogP contribution is -2.20. The maximum absolute atomic E-state index is 11.9. The van der Waals surface area contributed by atoms with Crippen LogP contribution in [0, 0.1) is 17.0 Å². The molecule has 0 saturated heterocycles. The molecule has 0 aromatic heterocycles. The summed E-state index contributed by atoms with van der Waals surface area (Å²) in [5.41, 5.74) is 0.847. The maximum atomic E-state index is 11.9. The van der Waals surface area contributed by atoms with E-state index in [0.717, 1.165) is 12.2 Å². The van der Waals surface area contributed by atoms with Crippen molar-refractivity contribution in [1.29, 1.82) is 0 Å². The molecular formula is C18H20N2O5. The number of carbonyl (C=O) groups excluding carboxylic acids is 1. The third kappa shape index (κ3) is 5.49. The van der Waals surface area contributed by atoms with E-state index < -0.39 is 10.8 Å². The van der Waals surface area contributed by atoms with E-state index in [1.807, 2.05) is 6.92 Å². The summed E-state index contributed by atoms with van der Waals surface area (Å²) in [5.74, 6) is 0.879. The first-order chi connectivity index (χ1) is 12.0. The summed E-state index contributed by atoms with van der Waals surface area (Å²) in [7, 11) is 0. The summed E-state index contributed by atoms with van der Waals surface area (Å²) in [4.78, 5) is 22.4. The Labute approximate surface area is 145 Å². The second-order valence-electron chi connectivity index (χ2n) is 5.42. The van der Waals surface area contributed by atoms with Crippen molar-refractivity contribution < 1.29 is 19.2 Å². The minimum Gasteiger partial charge on any atom is -0.494 e. The van der Waals surface area contributed by atoms with E-state index in [1.54, 1.807) is 43.3 Å². The summed E-state index contributed by atoms with van der Waals surface area (Å²) in [6.45, 7) is 4.11. The lowest BCUT2D eigenvalue weighted by molar-refractivity contribution is -0.385. The third-order valence-electron chi connectivity index (χ3n) is 3.36. The fourth-order valence-corrected chi connectivity index (χ4v) is 2.08. The molecular weight excluding hydrogens is 324 g/mol. The summed E-state index contributed by atoms with van der Waals surface area (Å²) < 4.78 is 10.9. The maximum Gasteiger partial charge on any atom is 0.274 e. The molecule has 2 aromatic rings. The average Bonchev–Trinajstić information content (AvgIpc) is 2.60. The fraction of sp³-hybridized carbons (Fsp3) is 0.278. The number of aryl methyl sites for hydroxylation is 1. The molecule has 0 radical (unpaired) electrons. The molecule has 25 heavy (non-hydrogen) atoms. The number of ether oxygens (including phenoxy) is 2. The molecule has 0 bridgehead atoms. The molecule has 0 aliphatic carbocycles. The van der Waals surface area contributed by atoms with Crippen molar-refractivity contribution in [2.24, 2.45) is 0 Å². The number of anilines is 1. The van der Waals surface area contributed by atoms with Crippen LogP contribution in [0.15, 0.2) is 42.5 Å². The first-order valence-electron chi connectivity index (χ1n) is 7.90. The van der Waals surface area contributed by atoms with Crippen molar-refractivity contribution in [1.82, 2.24) is 0 Å². The summed E-state index contributed by atoms with van der Waals surface area (Å²) >= 11 is 0. The molecule has 7 nitrogen and oxygen atoms in total. The van der Waals surface area contributed by atoms with Crippen molar-refractivity contribution in [3.63, 3.8) is 0 Å². The number of nitrogens with one attached hydrogen (secondary N) is 1. The monoisotopic (exact) mass is 344 g/mol. The van der Waals surface area contributed by atoms with Crippen molar-refractivity contribution in [3.8, 4) is 11.5 Å². The third-order valence-corrected chi connectivity index (χ3v) is 3.36. The average molecular weight is 344 g/mol. The van der Waals surface area contributed by atoms with Crippen molar-refractivity contribution >= 4 is 17.3 Å². The van der Waals surface area contributed by atoms with Crippen LogP contribution in [0.3, 0.4) is 0 Å². The lowest BCUT2D eigenvalue weighted by Gasteiger charge is -2.09. The molecule has 0 fully saturated rings. The topological polar surface area (TPSA) is 90.7 Å². The van der Waals surface area contributed by atoms with Crippen LogP contribution in [-0.2, 0) is 4.79 Å². The van der Waals surface area contributed by atoms with Crippen molar-refractivity contribution in [2.75, 3.05) is 18.5 Å². The van der Waals surface area contributed by atoms with E-state index in [2.05, 4.69) is 5.32 Å². The van der Waals surface area contributed by atoms with E-state index >= 15 is 0 Å². The Hall–Kier alpha value is -3.09. The number of carbonyl (C=O) groups is 1. The number of rotatable bonds is 8. The van der Waals surface area contributed by atoms with Gasteiger partial charge in [-0.2, -0.15) is 0 Å². The van der Waals surface area contributed by atoms with Crippen molar-refractivity contribution in [3.05, 3.63) is 58.1 Å². The summed E-state index contributed by atoms with van der Waals surface area (Å²) in [5, 5.41) is 13.5. The van der Waals surface area contributed by atoms with Gasteiger partial charge in [0.1, 0.15) is 11.5 Å². The molecule has 7 heteroatoms. The van der Waals surface area contributed by atoms with Gasteiger partial charge in [-0.3, -0.25) is 14.9 Å². The van der Waals surface area contributed by atoms with Gasteiger partial charge in [0, 0.05) is 17.3 Å². The molecule has 132 valence electrons. The molecule has 2 aromatic carbocycles. The van der Waals surface area contributed by atoms with Crippen molar-refractivity contribution in [2.45, 2.75) is 20.3 Å². The number of hydrogen-bond acceptors (Lipinski definition) is 5. The second kappa shape index (κ2) is 8.68. The van der Waals surface area contributed by atoms with E-state index in [0.29, 0.717) is 23.6 Å². The normalized spacial score (nSPS) is 10.2. The van der Waals surface area contributed by atoms with Gasteiger partial charge in [-0.05, 0) is 43.7 Å². The Morgan fingerprint density at radius 3 is 2.36 bits per heavy atom. The smallest absolute Gasteiger partial charge is 0.274 e. The molecule has 0 aliphatic rings. The van der Waals surface area contributed by atoms with Gasteiger partial charge in [-0.25, -0.2) is 0 Å². The zero-order valence-corrected chi connectivity index (χ0v) is 14.2. The molecule has 0 aliphatic heterocycles. The highest BCUT2D eigenvalue weighted by molar-refractivity contribution is 5.92. The minimum absolute atomic E-state index is 0.0404. The quantitative estimate of drug-likeness (QED) is 0.582. The van der Waals surface area contributed by atoms with E-state index in [4.69, 9.17) is 9.47 Å². The summed E-state index contributed by atoms with van der Waals surface area (Å²) in [6.07, 6.45) is 0.926. The first-order valence-corrected chi connectivity index (χ1v) is 7.90. The number of benzene rings is 2. The van der Waals surface area contributed by atoms with Crippen LogP contribution < -0.4 is 14.8 Å². The zero-order chi connectivity index (χ0) is 18.2. The van der Waals surface area contributed by atoms with E-state index in [1.165, 1.54) is 6.07 Å². The summed E-state index contributed by atoms with van der Waals surface area (Å²) in [6, 6.07) is 11.5.